The quantitative estimate of drug-likeness (QED) is 0.185. The predicted octanol–water partition coefficient (Wildman–Crippen LogP) is 1.91. The van der Waals surface area contributed by atoms with Crippen LogP contribution in [0.25, 0.3) is 0 Å². The smallest absolute Gasteiger partial charge is 0.407 e. The highest BCUT2D eigenvalue weighted by Crippen LogP contribution is 2.06. The third kappa shape index (κ3) is 31.0. The lowest BCUT2D eigenvalue weighted by Gasteiger charge is -2.19. The van der Waals surface area contributed by atoms with Crippen molar-refractivity contribution in [2.75, 3.05) is 105 Å². The summed E-state index contributed by atoms with van der Waals surface area (Å²) in [5.41, 5.74) is -0.507. The van der Waals surface area contributed by atoms with Crippen molar-refractivity contribution in [2.45, 2.75) is 33.3 Å². The molecule has 0 bridgehead atoms. The number of amides is 1. The fourth-order valence-corrected chi connectivity index (χ4v) is 2.69. The summed E-state index contributed by atoms with van der Waals surface area (Å²) in [6.45, 7) is 14.2. The summed E-state index contributed by atoms with van der Waals surface area (Å²) in [4.78, 5) is 22.2. The highest BCUT2D eigenvalue weighted by Gasteiger charge is 2.15. The first-order valence-electron chi connectivity index (χ1n) is 12.0. The molecular weight excluding hydrogens is 482 g/mol. The minimum atomic E-state index is -0.507. The van der Waals surface area contributed by atoms with Crippen molar-refractivity contribution in [1.29, 1.82) is 0 Å². The van der Waals surface area contributed by atoms with Crippen LogP contribution in [0.3, 0.4) is 0 Å². The molecule has 208 valence electrons. The molecule has 0 saturated heterocycles. The van der Waals surface area contributed by atoms with Crippen LogP contribution < -0.4 is 5.32 Å². The number of carbonyl (C=O) groups excluding carboxylic acids is 2. The number of ether oxygens (including phenoxy) is 8. The van der Waals surface area contributed by atoms with E-state index in [2.05, 4.69) is 5.32 Å². The molecule has 0 aliphatic carbocycles. The first kappa shape index (κ1) is 34.0. The molecule has 0 spiro atoms. The van der Waals surface area contributed by atoms with Gasteiger partial charge in [0.15, 0.2) is 5.12 Å². The van der Waals surface area contributed by atoms with Gasteiger partial charge in [0.1, 0.15) is 5.60 Å². The van der Waals surface area contributed by atoms with Crippen LogP contribution >= 0.6 is 11.8 Å². The Morgan fingerprint density at radius 1 is 0.600 bits per heavy atom. The van der Waals surface area contributed by atoms with Crippen LogP contribution in [-0.4, -0.2) is 122 Å². The van der Waals surface area contributed by atoms with Crippen molar-refractivity contribution in [3.8, 4) is 0 Å². The molecule has 0 aromatic rings. The fourth-order valence-electron chi connectivity index (χ4n) is 2.21. The molecule has 0 atom stereocenters. The summed E-state index contributed by atoms with van der Waals surface area (Å²) in [5, 5.41) is 2.72. The van der Waals surface area contributed by atoms with Crippen LogP contribution in [0.2, 0.25) is 0 Å². The number of hydrogen-bond donors (Lipinski definition) is 1. The van der Waals surface area contributed by atoms with E-state index in [1.807, 2.05) is 20.8 Å². The maximum absolute atomic E-state index is 11.4. The van der Waals surface area contributed by atoms with Gasteiger partial charge in [0.05, 0.1) is 92.5 Å². The van der Waals surface area contributed by atoms with Crippen molar-refractivity contribution in [1.82, 2.24) is 5.32 Å². The molecular formula is C23H45NO10S. The zero-order valence-corrected chi connectivity index (χ0v) is 22.6. The minimum Gasteiger partial charge on any atom is -0.444 e. The average molecular weight is 528 g/mol. The molecule has 0 aromatic heterocycles. The predicted molar refractivity (Wildman–Crippen MR) is 133 cm³/mol. The van der Waals surface area contributed by atoms with E-state index in [4.69, 9.17) is 37.9 Å². The summed E-state index contributed by atoms with van der Waals surface area (Å²) >= 11 is 1.26. The zero-order chi connectivity index (χ0) is 26.0. The first-order valence-corrected chi connectivity index (χ1v) is 12.9. The van der Waals surface area contributed by atoms with Crippen LogP contribution in [0.15, 0.2) is 0 Å². The summed E-state index contributed by atoms with van der Waals surface area (Å²) in [6.07, 6.45) is -0.451. The Morgan fingerprint density at radius 3 is 1.29 bits per heavy atom. The van der Waals surface area contributed by atoms with Gasteiger partial charge in [-0.05, 0) is 20.8 Å². The molecule has 35 heavy (non-hydrogen) atoms. The highest BCUT2D eigenvalue weighted by atomic mass is 32.2. The molecule has 0 fully saturated rings. The number of alkyl carbamates (subject to hydrolysis) is 1. The second-order valence-corrected chi connectivity index (χ2v) is 9.33. The van der Waals surface area contributed by atoms with Crippen molar-refractivity contribution in [3.63, 3.8) is 0 Å². The van der Waals surface area contributed by atoms with Gasteiger partial charge in [-0.25, -0.2) is 4.79 Å². The molecule has 1 N–H and O–H groups in total. The maximum atomic E-state index is 11.4. The fraction of sp³-hybridized carbons (Fsp3) is 0.913. The Morgan fingerprint density at radius 2 is 0.943 bits per heavy atom. The van der Waals surface area contributed by atoms with Crippen LogP contribution in [0, 0.1) is 0 Å². The van der Waals surface area contributed by atoms with Gasteiger partial charge in [0.25, 0.3) is 0 Å². The lowest BCUT2D eigenvalue weighted by atomic mass is 10.2. The number of hydrogen-bond acceptors (Lipinski definition) is 11. The topological polar surface area (TPSA) is 120 Å². The minimum absolute atomic E-state index is 0.103. The Bertz CT molecular complexity index is 505. The molecule has 11 nitrogen and oxygen atoms in total. The number of carbonyl (C=O) groups is 2. The second kappa shape index (κ2) is 24.7. The molecule has 0 aromatic carbocycles. The lowest BCUT2D eigenvalue weighted by Crippen LogP contribution is -2.34. The molecule has 0 rings (SSSR count). The van der Waals surface area contributed by atoms with Gasteiger partial charge in [-0.3, -0.25) is 4.79 Å². The van der Waals surface area contributed by atoms with Gasteiger partial charge in [-0.2, -0.15) is 0 Å². The monoisotopic (exact) mass is 527 g/mol. The maximum Gasteiger partial charge on any atom is 0.407 e. The van der Waals surface area contributed by atoms with Gasteiger partial charge < -0.3 is 43.2 Å². The summed E-state index contributed by atoms with van der Waals surface area (Å²) in [7, 11) is 0. The van der Waals surface area contributed by atoms with E-state index in [9.17, 15) is 9.59 Å². The Hall–Kier alpha value is -0.990. The van der Waals surface area contributed by atoms with Crippen LogP contribution in [0.5, 0.6) is 0 Å². The molecule has 0 saturated carbocycles. The molecule has 0 aliphatic heterocycles. The van der Waals surface area contributed by atoms with Crippen LogP contribution in [0.1, 0.15) is 27.7 Å². The van der Waals surface area contributed by atoms with Crippen LogP contribution in [0.4, 0.5) is 4.79 Å². The zero-order valence-electron chi connectivity index (χ0n) is 21.8. The van der Waals surface area contributed by atoms with Crippen LogP contribution in [-0.2, 0) is 42.7 Å². The summed E-state index contributed by atoms with van der Waals surface area (Å²) < 4.78 is 42.9. The van der Waals surface area contributed by atoms with E-state index in [-0.39, 0.29) is 5.12 Å². The number of rotatable bonds is 24. The van der Waals surface area contributed by atoms with Crippen molar-refractivity contribution < 1.29 is 47.5 Å². The van der Waals surface area contributed by atoms with Gasteiger partial charge >= 0.3 is 6.09 Å². The third-order valence-electron chi connectivity index (χ3n) is 3.68. The first-order chi connectivity index (χ1) is 16.8. The standard InChI is InChI=1S/C23H45NO10S/c1-21(25)35-20-19-33-18-17-32-16-15-31-14-13-30-12-11-29-10-9-28-8-7-27-6-5-24-22(26)34-23(2,3)4/h5-20H2,1-4H3,(H,24,26). The lowest BCUT2D eigenvalue weighted by molar-refractivity contribution is -0.109. The number of nitrogens with one attached hydrogen (secondary N) is 1. The van der Waals surface area contributed by atoms with E-state index < -0.39 is 11.7 Å². The summed E-state index contributed by atoms with van der Waals surface area (Å²) in [5.74, 6) is 0.673. The Kier molecular flexibility index (Phi) is 24.0. The van der Waals surface area contributed by atoms with Crippen molar-refractivity contribution >= 4 is 23.0 Å². The van der Waals surface area contributed by atoms with E-state index in [0.717, 1.165) is 0 Å². The van der Waals surface area contributed by atoms with Crippen molar-refractivity contribution in [3.05, 3.63) is 0 Å². The average Bonchev–Trinajstić information content (AvgIpc) is 2.77. The van der Waals surface area contributed by atoms with Gasteiger partial charge in [0, 0.05) is 19.2 Å². The van der Waals surface area contributed by atoms with E-state index >= 15 is 0 Å². The molecule has 0 radical (unpaired) electrons. The van der Waals surface area contributed by atoms with Gasteiger partial charge in [-0.1, -0.05) is 11.8 Å². The summed E-state index contributed by atoms with van der Waals surface area (Å²) in [6, 6.07) is 0. The molecule has 0 heterocycles. The highest BCUT2D eigenvalue weighted by molar-refractivity contribution is 8.13. The molecule has 0 aliphatic rings. The number of thioether (sulfide) groups is 1. The van der Waals surface area contributed by atoms with E-state index in [1.54, 1.807) is 6.92 Å². The molecule has 0 unspecified atom stereocenters. The van der Waals surface area contributed by atoms with E-state index in [0.29, 0.717) is 105 Å². The van der Waals surface area contributed by atoms with E-state index in [1.165, 1.54) is 11.8 Å². The third-order valence-corrected chi connectivity index (χ3v) is 4.46. The Labute approximate surface area is 214 Å². The van der Waals surface area contributed by atoms with Gasteiger partial charge in [0.2, 0.25) is 0 Å². The Balaban J connectivity index is 3.11. The van der Waals surface area contributed by atoms with Gasteiger partial charge in [-0.15, -0.1) is 0 Å². The molecule has 1 amide bonds. The molecule has 12 heteroatoms. The SMILES string of the molecule is CC(=O)SCCOCCOCCOCCOCCOCCOCCOCCNC(=O)OC(C)(C)C. The van der Waals surface area contributed by atoms with Crippen molar-refractivity contribution in [2.24, 2.45) is 0 Å². The second-order valence-electron chi connectivity index (χ2n) is 8.06. The normalized spacial score (nSPS) is 11.5. The largest absolute Gasteiger partial charge is 0.444 e.